The molecule has 0 aliphatic heterocycles. The zero-order valence-corrected chi connectivity index (χ0v) is 14.0. The molecule has 2 aromatic rings. The highest BCUT2D eigenvalue weighted by Crippen LogP contribution is 2.33. The van der Waals surface area contributed by atoms with Gasteiger partial charge in [-0.3, -0.25) is 4.72 Å². The molecule has 0 aliphatic carbocycles. The van der Waals surface area contributed by atoms with E-state index in [0.717, 1.165) is 11.3 Å². The zero-order chi connectivity index (χ0) is 15.6. The van der Waals surface area contributed by atoms with Gasteiger partial charge in [0, 0.05) is 4.88 Å². The fourth-order valence-electron chi connectivity index (χ4n) is 1.64. The first kappa shape index (κ1) is 16.1. The van der Waals surface area contributed by atoms with Crippen molar-refractivity contribution in [2.75, 3.05) is 4.72 Å². The summed E-state index contributed by atoms with van der Waals surface area (Å²) in [5, 5.41) is 9.46. The van der Waals surface area contributed by atoms with E-state index in [2.05, 4.69) is 4.72 Å². The van der Waals surface area contributed by atoms with Crippen LogP contribution in [-0.2, 0) is 16.4 Å². The number of benzene rings is 1. The Morgan fingerprint density at radius 3 is 2.71 bits per heavy atom. The lowest BCUT2D eigenvalue weighted by atomic mass is 10.3. The van der Waals surface area contributed by atoms with E-state index in [1.165, 1.54) is 29.5 Å². The Hall–Kier alpha value is -1.26. The van der Waals surface area contributed by atoms with Gasteiger partial charge in [-0.15, -0.1) is 11.3 Å². The summed E-state index contributed by atoms with van der Waals surface area (Å²) in [5.41, 5.74) is 0.290. The van der Waals surface area contributed by atoms with Gasteiger partial charge in [0.2, 0.25) is 0 Å². The van der Waals surface area contributed by atoms with Gasteiger partial charge in [0.05, 0.1) is 15.6 Å². The average molecular weight is 361 g/mol. The van der Waals surface area contributed by atoms with Crippen molar-refractivity contribution in [3.63, 3.8) is 0 Å². The molecule has 1 aromatic heterocycles. The van der Waals surface area contributed by atoms with E-state index in [9.17, 15) is 8.42 Å². The summed E-state index contributed by atoms with van der Waals surface area (Å²) in [6, 6.07) is 8.01. The zero-order valence-electron chi connectivity index (χ0n) is 10.9. The maximum atomic E-state index is 12.4. The average Bonchev–Trinajstić information content (AvgIpc) is 2.83. The van der Waals surface area contributed by atoms with E-state index in [-0.39, 0.29) is 19.9 Å². The van der Waals surface area contributed by atoms with Crippen molar-refractivity contribution in [2.45, 2.75) is 18.2 Å². The van der Waals surface area contributed by atoms with Gasteiger partial charge in [-0.25, -0.2) is 8.42 Å². The molecule has 0 aliphatic rings. The van der Waals surface area contributed by atoms with Crippen LogP contribution in [0.5, 0.6) is 0 Å². The van der Waals surface area contributed by atoms with Crippen molar-refractivity contribution < 1.29 is 8.42 Å². The smallest absolute Gasteiger partial charge is 0.264 e. The second kappa shape index (κ2) is 6.24. The monoisotopic (exact) mass is 360 g/mol. The number of aryl methyl sites for hydroxylation is 1. The Balaban J connectivity index is 2.45. The minimum absolute atomic E-state index is 0.0440. The topological polar surface area (TPSA) is 70.0 Å². The van der Waals surface area contributed by atoms with Gasteiger partial charge in [-0.2, -0.15) is 5.26 Å². The molecule has 1 heterocycles. The number of thiophene rings is 1. The fraction of sp³-hybridized carbons (Fsp3) is 0.154. The summed E-state index contributed by atoms with van der Waals surface area (Å²) in [6.07, 6.45) is 0.721. The van der Waals surface area contributed by atoms with Crippen molar-refractivity contribution in [3.05, 3.63) is 44.8 Å². The Bertz CT molecular complexity index is 823. The number of nitrogens with zero attached hydrogens (tertiary/aromatic N) is 1. The number of hydrogen-bond donors (Lipinski definition) is 1. The molecule has 0 saturated carbocycles. The van der Waals surface area contributed by atoms with Crippen molar-refractivity contribution in [1.29, 1.82) is 5.26 Å². The third-order valence-electron chi connectivity index (χ3n) is 2.68. The summed E-state index contributed by atoms with van der Waals surface area (Å²) >= 11 is 13.0. The van der Waals surface area contributed by atoms with Crippen LogP contribution in [0.25, 0.3) is 0 Å². The SMILES string of the molecule is CCc1cc(C#N)c(NS(=O)(=O)c2cccc(Cl)c2Cl)s1. The summed E-state index contributed by atoms with van der Waals surface area (Å²) in [4.78, 5) is 0.799. The normalized spacial score (nSPS) is 11.1. The van der Waals surface area contributed by atoms with E-state index in [0.29, 0.717) is 5.56 Å². The van der Waals surface area contributed by atoms with Crippen LogP contribution < -0.4 is 4.72 Å². The number of sulfonamides is 1. The van der Waals surface area contributed by atoms with Crippen LogP contribution in [0.1, 0.15) is 17.4 Å². The lowest BCUT2D eigenvalue weighted by molar-refractivity contribution is 0.601. The van der Waals surface area contributed by atoms with Crippen LogP contribution >= 0.6 is 34.5 Å². The van der Waals surface area contributed by atoms with E-state index in [1.54, 1.807) is 6.07 Å². The lowest BCUT2D eigenvalue weighted by Gasteiger charge is -2.09. The van der Waals surface area contributed by atoms with Gasteiger partial charge >= 0.3 is 0 Å². The first-order valence-electron chi connectivity index (χ1n) is 5.88. The molecule has 0 spiro atoms. The number of rotatable bonds is 4. The maximum Gasteiger partial charge on any atom is 0.264 e. The molecule has 0 amide bonds. The van der Waals surface area contributed by atoms with Crippen LogP contribution in [-0.4, -0.2) is 8.42 Å². The molecule has 1 N–H and O–H groups in total. The molecule has 0 bridgehead atoms. The molecule has 0 radical (unpaired) electrons. The van der Waals surface area contributed by atoms with Crippen LogP contribution in [0.15, 0.2) is 29.2 Å². The first-order chi connectivity index (χ1) is 9.89. The molecule has 0 saturated heterocycles. The van der Waals surface area contributed by atoms with E-state index in [4.69, 9.17) is 28.5 Å². The molecule has 1 aromatic carbocycles. The second-order valence-electron chi connectivity index (χ2n) is 4.08. The molecule has 0 fully saturated rings. The quantitative estimate of drug-likeness (QED) is 0.883. The van der Waals surface area contributed by atoms with Gasteiger partial charge in [0.25, 0.3) is 10.0 Å². The standard InChI is InChI=1S/C13H10Cl2N2O2S2/c1-2-9-6-8(7-16)13(20-9)17-21(18,19)11-5-3-4-10(14)12(11)15/h3-6,17H,2H2,1H3. The van der Waals surface area contributed by atoms with E-state index >= 15 is 0 Å². The second-order valence-corrected chi connectivity index (χ2v) is 7.65. The number of nitriles is 1. The Morgan fingerprint density at radius 1 is 1.38 bits per heavy atom. The van der Waals surface area contributed by atoms with Gasteiger partial charge < -0.3 is 0 Å². The molecular weight excluding hydrogens is 351 g/mol. The predicted octanol–water partition coefficient (Wildman–Crippen LogP) is 4.29. The predicted molar refractivity (Wildman–Crippen MR) is 85.7 cm³/mol. The van der Waals surface area contributed by atoms with E-state index < -0.39 is 10.0 Å². The Kier molecular flexibility index (Phi) is 4.79. The molecule has 110 valence electrons. The molecular formula is C13H10Cl2N2O2S2. The summed E-state index contributed by atoms with van der Waals surface area (Å²) in [6.45, 7) is 1.93. The third kappa shape index (κ3) is 3.33. The molecule has 0 unspecified atom stereocenters. The minimum atomic E-state index is -3.90. The number of anilines is 1. The van der Waals surface area contributed by atoms with Gasteiger partial charge in [-0.1, -0.05) is 36.2 Å². The van der Waals surface area contributed by atoms with Crippen LogP contribution in [0.3, 0.4) is 0 Å². The molecule has 4 nitrogen and oxygen atoms in total. The van der Waals surface area contributed by atoms with Crippen molar-refractivity contribution in [3.8, 4) is 6.07 Å². The molecule has 2 rings (SSSR count). The molecule has 0 atom stereocenters. The van der Waals surface area contributed by atoms with Crippen molar-refractivity contribution in [2.24, 2.45) is 0 Å². The van der Waals surface area contributed by atoms with Crippen molar-refractivity contribution in [1.82, 2.24) is 0 Å². The fourth-order valence-corrected chi connectivity index (χ4v) is 4.67. The lowest BCUT2D eigenvalue weighted by Crippen LogP contribution is -2.13. The number of hydrogen-bond acceptors (Lipinski definition) is 4. The van der Waals surface area contributed by atoms with Gasteiger partial charge in [-0.05, 0) is 24.6 Å². The van der Waals surface area contributed by atoms with Crippen LogP contribution in [0, 0.1) is 11.3 Å². The minimum Gasteiger partial charge on any atom is -0.269 e. The number of halogens is 2. The van der Waals surface area contributed by atoms with Gasteiger partial charge in [0.15, 0.2) is 0 Å². The van der Waals surface area contributed by atoms with E-state index in [1.807, 2.05) is 13.0 Å². The molecule has 21 heavy (non-hydrogen) atoms. The highest BCUT2D eigenvalue weighted by atomic mass is 35.5. The highest BCUT2D eigenvalue weighted by molar-refractivity contribution is 7.93. The van der Waals surface area contributed by atoms with Gasteiger partial charge in [0.1, 0.15) is 16.0 Å². The summed E-state index contributed by atoms with van der Waals surface area (Å²) in [5.74, 6) is 0. The Morgan fingerprint density at radius 2 is 2.10 bits per heavy atom. The Labute approximate surface area is 137 Å². The summed E-state index contributed by atoms with van der Waals surface area (Å²) in [7, 11) is -3.90. The summed E-state index contributed by atoms with van der Waals surface area (Å²) < 4.78 is 27.2. The van der Waals surface area contributed by atoms with Crippen LogP contribution in [0.2, 0.25) is 10.0 Å². The highest BCUT2D eigenvalue weighted by Gasteiger charge is 2.22. The van der Waals surface area contributed by atoms with Crippen LogP contribution in [0.4, 0.5) is 5.00 Å². The first-order valence-corrected chi connectivity index (χ1v) is 8.94. The maximum absolute atomic E-state index is 12.4. The van der Waals surface area contributed by atoms with Crippen molar-refractivity contribution >= 4 is 49.6 Å². The largest absolute Gasteiger partial charge is 0.269 e. The number of nitrogens with one attached hydrogen (secondary N) is 1. The third-order valence-corrected chi connectivity index (χ3v) is 6.33. The molecule has 8 heteroatoms.